The van der Waals surface area contributed by atoms with Gasteiger partial charge in [0.15, 0.2) is 0 Å². The van der Waals surface area contributed by atoms with Crippen molar-refractivity contribution >= 4 is 17.7 Å². The topological polar surface area (TPSA) is 88.2 Å². The molecule has 8 nitrogen and oxygen atoms in total. The van der Waals surface area contributed by atoms with E-state index in [1.54, 1.807) is 4.90 Å². The summed E-state index contributed by atoms with van der Waals surface area (Å²) in [6, 6.07) is 8.25. The zero-order valence-electron chi connectivity index (χ0n) is 20.8. The number of allylic oxidation sites excluding steroid dienone is 1. The Balaban J connectivity index is 1.30. The van der Waals surface area contributed by atoms with Gasteiger partial charge in [-0.05, 0) is 36.1 Å². The highest BCUT2D eigenvalue weighted by Gasteiger charge is 2.39. The quantitative estimate of drug-likeness (QED) is 0.711. The number of ether oxygens (including phenoxy) is 2. The summed E-state index contributed by atoms with van der Waals surface area (Å²) in [4.78, 5) is 40.8. The third kappa shape index (κ3) is 4.41. The van der Waals surface area contributed by atoms with Crippen LogP contribution in [0.4, 0.5) is 0 Å². The standard InChI is InChI=1S/C26H27N3O5/c1-17-5-10-22(25(31)27-17)29-14-21-20(26(29)32)3-2-4-23(21)34-15-19-8-6-18(7-9-19)13-28-11-12-33-16-24(28)30/h2-4,6-9,22H,1,5,10-16H2,(H,27,31)/i2D,3D. The molecule has 2 aromatic carbocycles. The molecule has 176 valence electrons. The van der Waals surface area contributed by atoms with E-state index in [-0.39, 0.29) is 49.2 Å². The molecule has 2 saturated heterocycles. The number of carbonyl (C=O) groups is 3. The fourth-order valence-corrected chi connectivity index (χ4v) is 4.46. The lowest BCUT2D eigenvalue weighted by Gasteiger charge is -2.31. The fourth-order valence-electron chi connectivity index (χ4n) is 4.46. The minimum Gasteiger partial charge on any atom is -0.489 e. The largest absolute Gasteiger partial charge is 0.489 e. The van der Waals surface area contributed by atoms with Gasteiger partial charge in [0.25, 0.3) is 5.91 Å². The number of amides is 3. The van der Waals surface area contributed by atoms with Crippen LogP contribution in [0.15, 0.2) is 54.7 Å². The summed E-state index contributed by atoms with van der Waals surface area (Å²) < 4.78 is 27.7. The van der Waals surface area contributed by atoms with E-state index in [2.05, 4.69) is 11.9 Å². The fraction of sp³-hybridized carbons (Fsp3) is 0.346. The van der Waals surface area contributed by atoms with Crippen molar-refractivity contribution in [1.82, 2.24) is 15.1 Å². The van der Waals surface area contributed by atoms with Gasteiger partial charge >= 0.3 is 0 Å². The SMILES string of the molecule is [2H]c1cc(OCc2ccc(CN3CCOCC3=O)cc2)c2c(c1[2H])C(=O)N(C1CCC(=C)NC1=O)C2. The number of fused-ring (bicyclic) bond motifs is 1. The minimum atomic E-state index is -0.650. The molecule has 3 heterocycles. The zero-order valence-corrected chi connectivity index (χ0v) is 18.8. The number of benzene rings is 2. The number of morpholine rings is 1. The first-order valence-corrected chi connectivity index (χ1v) is 11.3. The van der Waals surface area contributed by atoms with Gasteiger partial charge in [-0.25, -0.2) is 0 Å². The summed E-state index contributed by atoms with van der Waals surface area (Å²) in [6.45, 7) is 5.88. The first-order valence-electron chi connectivity index (χ1n) is 12.3. The average Bonchev–Trinajstić information content (AvgIpc) is 3.20. The van der Waals surface area contributed by atoms with Gasteiger partial charge in [0.05, 0.1) is 15.9 Å². The van der Waals surface area contributed by atoms with Crippen LogP contribution in [-0.2, 0) is 34.0 Å². The smallest absolute Gasteiger partial charge is 0.255 e. The first kappa shape index (κ1) is 19.8. The highest BCUT2D eigenvalue weighted by Crippen LogP contribution is 2.34. The molecule has 5 rings (SSSR count). The van der Waals surface area contributed by atoms with Crippen molar-refractivity contribution in [3.8, 4) is 5.75 Å². The van der Waals surface area contributed by atoms with Crippen molar-refractivity contribution < 1.29 is 26.6 Å². The number of rotatable bonds is 6. The van der Waals surface area contributed by atoms with Gasteiger partial charge in [-0.15, -0.1) is 0 Å². The molecule has 1 unspecified atom stereocenters. The summed E-state index contributed by atoms with van der Waals surface area (Å²) in [7, 11) is 0. The van der Waals surface area contributed by atoms with E-state index in [0.717, 1.165) is 11.1 Å². The van der Waals surface area contributed by atoms with Gasteiger partial charge in [-0.1, -0.05) is 36.9 Å². The molecule has 0 aromatic heterocycles. The molecule has 2 fully saturated rings. The third-order valence-electron chi connectivity index (χ3n) is 6.38. The van der Waals surface area contributed by atoms with E-state index >= 15 is 0 Å². The normalized spacial score (nSPS) is 21.2. The lowest BCUT2D eigenvalue weighted by molar-refractivity contribution is -0.143. The Kier molecular flexibility index (Phi) is 5.42. The third-order valence-corrected chi connectivity index (χ3v) is 6.38. The highest BCUT2D eigenvalue weighted by molar-refractivity contribution is 6.02. The summed E-state index contributed by atoms with van der Waals surface area (Å²) in [5.41, 5.74) is 3.16. The van der Waals surface area contributed by atoms with Crippen LogP contribution in [0.1, 0.15) is 42.6 Å². The molecule has 34 heavy (non-hydrogen) atoms. The second kappa shape index (κ2) is 9.30. The van der Waals surface area contributed by atoms with Crippen molar-refractivity contribution in [2.24, 2.45) is 0 Å². The first-order chi connectivity index (χ1) is 17.3. The molecular formula is C26H27N3O5. The number of carbonyl (C=O) groups excluding carboxylic acids is 3. The molecule has 2 aromatic rings. The Morgan fingerprint density at radius 3 is 2.74 bits per heavy atom. The molecule has 3 amide bonds. The van der Waals surface area contributed by atoms with Crippen LogP contribution < -0.4 is 10.1 Å². The maximum Gasteiger partial charge on any atom is 0.255 e. The second-order valence-electron chi connectivity index (χ2n) is 8.68. The Hall–Kier alpha value is -3.65. The van der Waals surface area contributed by atoms with Crippen LogP contribution >= 0.6 is 0 Å². The van der Waals surface area contributed by atoms with Gasteiger partial charge in [0, 0.05) is 29.9 Å². The molecule has 0 bridgehead atoms. The molecular weight excluding hydrogens is 434 g/mol. The van der Waals surface area contributed by atoms with E-state index in [0.29, 0.717) is 49.5 Å². The molecule has 1 atom stereocenters. The number of nitrogens with zero attached hydrogens (tertiary/aromatic N) is 2. The van der Waals surface area contributed by atoms with Gasteiger partial charge in [0.1, 0.15) is 25.0 Å². The zero-order chi connectivity index (χ0) is 25.4. The van der Waals surface area contributed by atoms with Crippen molar-refractivity contribution in [2.75, 3.05) is 19.8 Å². The Morgan fingerprint density at radius 2 is 1.97 bits per heavy atom. The summed E-state index contributed by atoms with van der Waals surface area (Å²) in [6.07, 6.45) is 1.04. The van der Waals surface area contributed by atoms with Gasteiger partial charge in [0.2, 0.25) is 11.8 Å². The van der Waals surface area contributed by atoms with Gasteiger partial charge in [-0.3, -0.25) is 14.4 Å². The monoisotopic (exact) mass is 463 g/mol. The Bertz CT molecular complexity index is 1250. The number of piperidine rings is 1. The Labute approximate surface area is 200 Å². The lowest BCUT2D eigenvalue weighted by atomic mass is 10.0. The molecule has 8 heteroatoms. The summed E-state index contributed by atoms with van der Waals surface area (Å²) >= 11 is 0. The van der Waals surface area contributed by atoms with Crippen LogP contribution in [0.25, 0.3) is 0 Å². The molecule has 0 radical (unpaired) electrons. The maximum absolute atomic E-state index is 13.2. The van der Waals surface area contributed by atoms with Gasteiger partial charge < -0.3 is 24.6 Å². The summed E-state index contributed by atoms with van der Waals surface area (Å²) in [5, 5.41) is 2.70. The van der Waals surface area contributed by atoms with Crippen molar-refractivity contribution in [3.63, 3.8) is 0 Å². The lowest BCUT2D eigenvalue weighted by Crippen LogP contribution is -2.49. The van der Waals surface area contributed by atoms with Crippen molar-refractivity contribution in [2.45, 2.75) is 38.6 Å². The van der Waals surface area contributed by atoms with E-state index < -0.39 is 11.9 Å². The minimum absolute atomic E-state index is 0.0224. The van der Waals surface area contributed by atoms with Crippen LogP contribution in [0, 0.1) is 0 Å². The molecule has 0 spiro atoms. The maximum atomic E-state index is 13.2. The average molecular weight is 464 g/mol. The molecule has 1 N–H and O–H groups in total. The van der Waals surface area contributed by atoms with Crippen LogP contribution in [-0.4, -0.2) is 53.3 Å². The summed E-state index contributed by atoms with van der Waals surface area (Å²) in [5.74, 6) is -0.369. The second-order valence-corrected chi connectivity index (χ2v) is 8.68. The highest BCUT2D eigenvalue weighted by atomic mass is 16.5. The number of hydrogen-bond donors (Lipinski definition) is 1. The molecule has 3 aliphatic rings. The van der Waals surface area contributed by atoms with Crippen LogP contribution in [0.5, 0.6) is 5.75 Å². The van der Waals surface area contributed by atoms with Gasteiger partial charge in [-0.2, -0.15) is 0 Å². The van der Waals surface area contributed by atoms with Crippen molar-refractivity contribution in [1.29, 1.82) is 0 Å². The van der Waals surface area contributed by atoms with E-state index in [1.165, 1.54) is 11.0 Å². The van der Waals surface area contributed by atoms with Crippen LogP contribution in [0.3, 0.4) is 0 Å². The molecule has 3 aliphatic heterocycles. The molecule has 0 saturated carbocycles. The predicted molar refractivity (Wildman–Crippen MR) is 124 cm³/mol. The van der Waals surface area contributed by atoms with Crippen molar-refractivity contribution in [3.05, 3.63) is 76.9 Å². The number of nitrogens with one attached hydrogen (secondary N) is 1. The molecule has 0 aliphatic carbocycles. The van der Waals surface area contributed by atoms with E-state index in [9.17, 15) is 14.4 Å². The van der Waals surface area contributed by atoms with E-state index in [4.69, 9.17) is 12.2 Å². The van der Waals surface area contributed by atoms with E-state index in [1.807, 2.05) is 24.3 Å². The predicted octanol–water partition coefficient (Wildman–Crippen LogP) is 2.37. The number of hydrogen-bond acceptors (Lipinski definition) is 5. The Morgan fingerprint density at radius 1 is 1.18 bits per heavy atom. The van der Waals surface area contributed by atoms with Crippen LogP contribution in [0.2, 0.25) is 0 Å².